The molecule has 1 aliphatic rings. The molecule has 0 fully saturated rings. The number of amides is 1. The van der Waals surface area contributed by atoms with Gasteiger partial charge in [-0.2, -0.15) is 0 Å². The van der Waals surface area contributed by atoms with Crippen LogP contribution in [0.4, 0.5) is 5.69 Å². The number of hydrogen-bond acceptors (Lipinski definition) is 8. The second-order valence-corrected chi connectivity index (χ2v) is 9.46. The van der Waals surface area contributed by atoms with Crippen molar-refractivity contribution in [2.24, 2.45) is 10.7 Å². The van der Waals surface area contributed by atoms with Gasteiger partial charge in [0.25, 0.3) is 5.91 Å². The van der Waals surface area contributed by atoms with E-state index in [9.17, 15) is 18.0 Å². The van der Waals surface area contributed by atoms with Crippen molar-refractivity contribution in [3.05, 3.63) is 59.2 Å². The number of esters is 1. The number of carbonyl (C=O) groups is 2. The molecule has 1 amide bonds. The first-order valence-electron chi connectivity index (χ1n) is 10.8. The van der Waals surface area contributed by atoms with Gasteiger partial charge in [-0.1, -0.05) is 13.0 Å². The number of aliphatic imine (C=N–C) groups is 1. The Morgan fingerprint density at radius 1 is 1.09 bits per heavy atom. The van der Waals surface area contributed by atoms with Crippen molar-refractivity contribution in [1.29, 1.82) is 0 Å². The van der Waals surface area contributed by atoms with Crippen molar-refractivity contribution in [2.75, 3.05) is 20.3 Å². The van der Waals surface area contributed by atoms with E-state index in [0.29, 0.717) is 30.0 Å². The Hall–Kier alpha value is -3.50. The summed E-state index contributed by atoms with van der Waals surface area (Å²) in [6.07, 6.45) is 2.49. The zero-order valence-electron chi connectivity index (χ0n) is 19.3. The molecule has 34 heavy (non-hydrogen) atoms. The molecule has 0 saturated heterocycles. The van der Waals surface area contributed by atoms with Crippen molar-refractivity contribution >= 4 is 39.3 Å². The predicted molar refractivity (Wildman–Crippen MR) is 127 cm³/mol. The molecular weight excluding hydrogens is 458 g/mol. The second kappa shape index (κ2) is 10.6. The molecule has 1 aliphatic heterocycles. The van der Waals surface area contributed by atoms with E-state index >= 15 is 0 Å². The standard InChI is InChI=1S/C24H27N3O6S/c1-4-12-27(33-5-2)23(28)18-13-17-8-11-20(15-21(17)26-22(25)14-18)34(30,31)19-9-6-16(7-10-19)24(29)32-3/h6-11,13,15H,4-5,12,14H2,1-3H3,(H2,25,26). The number of sulfone groups is 1. The molecule has 0 radical (unpaired) electrons. The molecule has 0 atom stereocenters. The highest BCUT2D eigenvalue weighted by Gasteiger charge is 2.24. The van der Waals surface area contributed by atoms with Crippen molar-refractivity contribution < 1.29 is 27.6 Å². The van der Waals surface area contributed by atoms with Gasteiger partial charge in [-0.15, -0.1) is 0 Å². The lowest BCUT2D eigenvalue weighted by Gasteiger charge is -2.21. The summed E-state index contributed by atoms with van der Waals surface area (Å²) < 4.78 is 31.0. The average Bonchev–Trinajstić information content (AvgIpc) is 3.00. The Labute approximate surface area is 198 Å². The Morgan fingerprint density at radius 2 is 1.76 bits per heavy atom. The number of fused-ring (bicyclic) bond motifs is 1. The van der Waals surface area contributed by atoms with Gasteiger partial charge in [-0.3, -0.25) is 9.63 Å². The fraction of sp³-hybridized carbons (Fsp3) is 0.292. The molecule has 2 N–H and O–H groups in total. The number of rotatable bonds is 8. The number of carbonyl (C=O) groups excluding carboxylic acids is 2. The molecule has 1 heterocycles. The van der Waals surface area contributed by atoms with E-state index in [2.05, 4.69) is 9.73 Å². The summed E-state index contributed by atoms with van der Waals surface area (Å²) in [6, 6.07) is 9.92. The maximum Gasteiger partial charge on any atom is 0.337 e. The maximum absolute atomic E-state index is 13.2. The molecule has 180 valence electrons. The Morgan fingerprint density at radius 3 is 2.38 bits per heavy atom. The zero-order valence-corrected chi connectivity index (χ0v) is 20.1. The molecule has 0 unspecified atom stereocenters. The quantitative estimate of drug-likeness (QED) is 0.449. The minimum Gasteiger partial charge on any atom is -0.465 e. The van der Waals surface area contributed by atoms with Crippen LogP contribution in [0.2, 0.25) is 0 Å². The summed E-state index contributed by atoms with van der Waals surface area (Å²) in [7, 11) is -2.64. The van der Waals surface area contributed by atoms with Crippen molar-refractivity contribution in [3.63, 3.8) is 0 Å². The van der Waals surface area contributed by atoms with Gasteiger partial charge >= 0.3 is 5.97 Å². The molecule has 0 spiro atoms. The highest BCUT2D eigenvalue weighted by Crippen LogP contribution is 2.32. The number of ether oxygens (including phenoxy) is 1. The summed E-state index contributed by atoms with van der Waals surface area (Å²) in [5.41, 5.74) is 7.61. The molecule has 10 heteroatoms. The number of benzene rings is 2. The normalized spacial score (nSPS) is 13.3. The number of methoxy groups -OCH3 is 1. The second-order valence-electron chi connectivity index (χ2n) is 7.51. The first-order valence-corrected chi connectivity index (χ1v) is 12.3. The minimum atomic E-state index is -3.89. The van der Waals surface area contributed by atoms with E-state index in [4.69, 9.17) is 10.6 Å². The van der Waals surface area contributed by atoms with Gasteiger partial charge in [0.05, 0.1) is 34.8 Å². The lowest BCUT2D eigenvalue weighted by atomic mass is 10.1. The van der Waals surface area contributed by atoms with Crippen LogP contribution in [0.3, 0.4) is 0 Å². The lowest BCUT2D eigenvalue weighted by molar-refractivity contribution is -0.180. The third-order valence-electron chi connectivity index (χ3n) is 5.08. The minimum absolute atomic E-state index is 0.0127. The average molecular weight is 486 g/mol. The van der Waals surface area contributed by atoms with Crippen LogP contribution in [-0.4, -0.2) is 51.5 Å². The fourth-order valence-corrected chi connectivity index (χ4v) is 4.72. The van der Waals surface area contributed by atoms with Gasteiger partial charge in [0.15, 0.2) is 0 Å². The van der Waals surface area contributed by atoms with Crippen LogP contribution in [0, 0.1) is 0 Å². The molecule has 2 aromatic rings. The highest BCUT2D eigenvalue weighted by atomic mass is 32.2. The smallest absolute Gasteiger partial charge is 0.337 e. The number of nitrogens with zero attached hydrogens (tertiary/aromatic N) is 2. The van der Waals surface area contributed by atoms with E-state index in [1.165, 1.54) is 48.6 Å². The third kappa shape index (κ3) is 5.35. The number of hydroxylamine groups is 2. The summed E-state index contributed by atoms with van der Waals surface area (Å²) in [4.78, 5) is 34.4. The zero-order chi connectivity index (χ0) is 24.9. The molecule has 9 nitrogen and oxygen atoms in total. The fourth-order valence-electron chi connectivity index (χ4n) is 3.44. The van der Waals surface area contributed by atoms with Crippen LogP contribution in [0.1, 0.15) is 42.6 Å². The van der Waals surface area contributed by atoms with Crippen LogP contribution in [0.15, 0.2) is 62.8 Å². The largest absolute Gasteiger partial charge is 0.465 e. The molecule has 3 rings (SSSR count). The Bertz CT molecular complexity index is 1240. The SMILES string of the molecule is CCCN(OCC)C(=O)C1=Cc2ccc(S(=O)(=O)c3ccc(C(=O)OC)cc3)cc2N=C(N)C1. The van der Waals surface area contributed by atoms with Gasteiger partial charge in [0, 0.05) is 24.1 Å². The van der Waals surface area contributed by atoms with Crippen LogP contribution < -0.4 is 5.73 Å². The monoisotopic (exact) mass is 485 g/mol. The summed E-state index contributed by atoms with van der Waals surface area (Å²) in [6.45, 7) is 4.52. The number of amidine groups is 1. The van der Waals surface area contributed by atoms with Crippen LogP contribution >= 0.6 is 0 Å². The van der Waals surface area contributed by atoms with Crippen molar-refractivity contribution in [2.45, 2.75) is 36.5 Å². The predicted octanol–water partition coefficient (Wildman–Crippen LogP) is 3.27. The molecular formula is C24H27N3O6S. The van der Waals surface area contributed by atoms with E-state index in [1.807, 2.05) is 6.92 Å². The van der Waals surface area contributed by atoms with Crippen molar-refractivity contribution in [3.8, 4) is 0 Å². The van der Waals surface area contributed by atoms with Crippen LogP contribution in [-0.2, 0) is 24.2 Å². The highest BCUT2D eigenvalue weighted by molar-refractivity contribution is 7.91. The van der Waals surface area contributed by atoms with Gasteiger partial charge in [0.1, 0.15) is 5.84 Å². The topological polar surface area (TPSA) is 128 Å². The molecule has 0 bridgehead atoms. The van der Waals surface area contributed by atoms with E-state index in [0.717, 1.165) is 6.42 Å². The lowest BCUT2D eigenvalue weighted by Crippen LogP contribution is -2.34. The molecule has 0 saturated carbocycles. The summed E-state index contributed by atoms with van der Waals surface area (Å²) in [5.74, 6) is -0.682. The van der Waals surface area contributed by atoms with Crippen molar-refractivity contribution in [1.82, 2.24) is 5.06 Å². The Balaban J connectivity index is 1.97. The van der Waals surface area contributed by atoms with Gasteiger partial charge in [0.2, 0.25) is 9.84 Å². The van der Waals surface area contributed by atoms with Gasteiger partial charge in [-0.25, -0.2) is 23.3 Å². The first kappa shape index (κ1) is 25.1. The number of hydrogen-bond donors (Lipinski definition) is 1. The molecule has 0 aliphatic carbocycles. The van der Waals surface area contributed by atoms with E-state index < -0.39 is 15.8 Å². The van der Waals surface area contributed by atoms with E-state index in [1.54, 1.807) is 19.1 Å². The van der Waals surface area contributed by atoms with Gasteiger partial charge in [-0.05, 0) is 55.8 Å². The molecule has 0 aromatic heterocycles. The molecule has 2 aromatic carbocycles. The third-order valence-corrected chi connectivity index (χ3v) is 6.84. The maximum atomic E-state index is 13.2. The van der Waals surface area contributed by atoms with Crippen LogP contribution in [0.5, 0.6) is 0 Å². The first-order chi connectivity index (χ1) is 16.2. The van der Waals surface area contributed by atoms with Gasteiger partial charge < -0.3 is 10.5 Å². The van der Waals surface area contributed by atoms with E-state index in [-0.39, 0.29) is 33.5 Å². The van der Waals surface area contributed by atoms with Crippen LogP contribution in [0.25, 0.3) is 6.08 Å². The number of nitrogens with two attached hydrogens (primary N) is 1. The summed E-state index contributed by atoms with van der Waals surface area (Å²) >= 11 is 0. The summed E-state index contributed by atoms with van der Waals surface area (Å²) in [5, 5.41) is 1.31. The Kier molecular flexibility index (Phi) is 7.85.